The first kappa shape index (κ1) is 26.3. The zero-order chi connectivity index (χ0) is 26.7. The van der Waals surface area contributed by atoms with Crippen LogP contribution in [0.3, 0.4) is 0 Å². The number of ketones is 1. The molecule has 1 N–H and O–H groups in total. The molecule has 0 saturated carbocycles. The van der Waals surface area contributed by atoms with Crippen molar-refractivity contribution < 1.29 is 28.2 Å². The van der Waals surface area contributed by atoms with Crippen molar-refractivity contribution in [3.8, 4) is 11.5 Å². The van der Waals surface area contributed by atoms with Crippen LogP contribution in [0.5, 0.6) is 11.5 Å². The van der Waals surface area contributed by atoms with Gasteiger partial charge >= 0.3 is 6.09 Å². The minimum absolute atomic E-state index is 0.0616. The van der Waals surface area contributed by atoms with Gasteiger partial charge < -0.3 is 19.7 Å². The molecule has 1 aliphatic rings. The zero-order valence-electron chi connectivity index (χ0n) is 20.6. The van der Waals surface area contributed by atoms with E-state index in [2.05, 4.69) is 21.2 Å². The summed E-state index contributed by atoms with van der Waals surface area (Å²) >= 11 is 3.15. The van der Waals surface area contributed by atoms with Gasteiger partial charge in [-0.3, -0.25) is 9.59 Å². The summed E-state index contributed by atoms with van der Waals surface area (Å²) in [6.45, 7) is 5.16. The van der Waals surface area contributed by atoms with Crippen LogP contribution in [-0.2, 0) is 16.1 Å². The quantitative estimate of drug-likeness (QED) is 0.385. The number of Topliss-reactive ketones (excluding diaryl/α,β-unsaturated/α-hetero) is 1. The SMILES string of the molecule is CC(C)(C)OC(=O)NC1CC(=O)c2cc(F)c(Br)cc2N(Cc2ccc(Oc3ccccc3)cc2)C1=O. The number of nitrogens with one attached hydrogen (secondary N) is 1. The van der Waals surface area contributed by atoms with Crippen LogP contribution >= 0.6 is 15.9 Å². The molecule has 0 aromatic heterocycles. The first-order chi connectivity index (χ1) is 17.5. The van der Waals surface area contributed by atoms with Gasteiger partial charge in [-0.1, -0.05) is 30.3 Å². The van der Waals surface area contributed by atoms with Gasteiger partial charge in [-0.2, -0.15) is 0 Å². The summed E-state index contributed by atoms with van der Waals surface area (Å²) in [5.74, 6) is -0.304. The third-order valence-electron chi connectivity index (χ3n) is 5.52. The molecule has 0 bridgehead atoms. The number of hydrogen-bond donors (Lipinski definition) is 1. The molecule has 1 unspecified atom stereocenters. The minimum atomic E-state index is -1.18. The predicted molar refractivity (Wildman–Crippen MR) is 140 cm³/mol. The fourth-order valence-corrected chi connectivity index (χ4v) is 4.20. The summed E-state index contributed by atoms with van der Waals surface area (Å²) < 4.78 is 25.6. The molecule has 3 aromatic rings. The molecule has 3 aromatic carbocycles. The van der Waals surface area contributed by atoms with E-state index < -0.39 is 35.2 Å². The van der Waals surface area contributed by atoms with Crippen molar-refractivity contribution in [1.29, 1.82) is 0 Å². The third-order valence-corrected chi connectivity index (χ3v) is 6.13. The van der Waals surface area contributed by atoms with E-state index in [0.717, 1.165) is 11.6 Å². The van der Waals surface area contributed by atoms with Gasteiger partial charge in [-0.05, 0) is 78.7 Å². The summed E-state index contributed by atoms with van der Waals surface area (Å²) in [6, 6.07) is 17.8. The number of fused-ring (bicyclic) bond motifs is 1. The number of amides is 2. The molecule has 7 nitrogen and oxygen atoms in total. The Kier molecular flexibility index (Phi) is 7.63. The highest BCUT2D eigenvalue weighted by Crippen LogP contribution is 2.33. The highest BCUT2D eigenvalue weighted by atomic mass is 79.9. The van der Waals surface area contributed by atoms with Gasteiger partial charge in [0.2, 0.25) is 5.91 Å². The fourth-order valence-electron chi connectivity index (χ4n) is 3.87. The maximum Gasteiger partial charge on any atom is 0.408 e. The van der Waals surface area contributed by atoms with E-state index in [1.54, 1.807) is 45.0 Å². The summed E-state index contributed by atoms with van der Waals surface area (Å²) in [5.41, 5.74) is 0.265. The van der Waals surface area contributed by atoms with Crippen molar-refractivity contribution in [2.24, 2.45) is 0 Å². The maximum absolute atomic E-state index is 14.4. The summed E-state index contributed by atoms with van der Waals surface area (Å²) in [7, 11) is 0. The van der Waals surface area contributed by atoms with E-state index in [0.29, 0.717) is 11.5 Å². The first-order valence-corrected chi connectivity index (χ1v) is 12.4. The number of para-hydroxylation sites is 1. The molecule has 1 atom stereocenters. The number of ether oxygens (including phenoxy) is 2. The molecule has 0 saturated heterocycles. The molecule has 1 aliphatic heterocycles. The number of carbonyl (C=O) groups excluding carboxylic acids is 3. The largest absolute Gasteiger partial charge is 0.457 e. The van der Waals surface area contributed by atoms with Crippen molar-refractivity contribution in [3.63, 3.8) is 0 Å². The molecule has 1 heterocycles. The normalized spacial score (nSPS) is 15.6. The van der Waals surface area contributed by atoms with Crippen LogP contribution < -0.4 is 15.0 Å². The summed E-state index contributed by atoms with van der Waals surface area (Å²) in [5, 5.41) is 2.51. The van der Waals surface area contributed by atoms with Gasteiger partial charge in [-0.15, -0.1) is 0 Å². The molecular formula is C28H26BrFN2O5. The van der Waals surface area contributed by atoms with Crippen LogP contribution in [0.2, 0.25) is 0 Å². The Morgan fingerprint density at radius 2 is 1.70 bits per heavy atom. The van der Waals surface area contributed by atoms with Crippen LogP contribution in [0.15, 0.2) is 71.2 Å². The lowest BCUT2D eigenvalue weighted by molar-refractivity contribution is -0.120. The fraction of sp³-hybridized carbons (Fsp3) is 0.250. The topological polar surface area (TPSA) is 84.9 Å². The Hall–Kier alpha value is -3.72. The van der Waals surface area contributed by atoms with Crippen molar-refractivity contribution >= 4 is 39.4 Å². The van der Waals surface area contributed by atoms with Gasteiger partial charge in [-0.25, -0.2) is 9.18 Å². The van der Waals surface area contributed by atoms with E-state index in [4.69, 9.17) is 9.47 Å². The van der Waals surface area contributed by atoms with Gasteiger partial charge in [0.15, 0.2) is 5.78 Å². The molecule has 0 spiro atoms. The van der Waals surface area contributed by atoms with Crippen LogP contribution in [0.25, 0.3) is 0 Å². The van der Waals surface area contributed by atoms with E-state index in [1.807, 2.05) is 30.3 Å². The minimum Gasteiger partial charge on any atom is -0.457 e. The van der Waals surface area contributed by atoms with Gasteiger partial charge in [0, 0.05) is 12.0 Å². The summed E-state index contributed by atoms with van der Waals surface area (Å²) in [6.07, 6.45) is -1.15. The Labute approximate surface area is 222 Å². The Balaban J connectivity index is 1.63. The Morgan fingerprint density at radius 3 is 2.35 bits per heavy atom. The number of carbonyl (C=O) groups is 3. The average molecular weight is 569 g/mol. The summed E-state index contributed by atoms with van der Waals surface area (Å²) in [4.78, 5) is 40.5. The number of nitrogens with zero attached hydrogens (tertiary/aromatic N) is 1. The van der Waals surface area contributed by atoms with Gasteiger partial charge in [0.1, 0.15) is 29.0 Å². The standard InChI is InChI=1S/C28H26BrFN2O5/c1-28(2,3)37-27(35)31-23-15-25(33)20-13-22(30)21(29)14-24(20)32(26(23)34)16-17-9-11-19(12-10-17)36-18-7-5-4-6-8-18/h4-14,23H,15-16H2,1-3H3,(H,31,35). The Morgan fingerprint density at radius 1 is 1.05 bits per heavy atom. The molecule has 0 radical (unpaired) electrons. The number of hydrogen-bond acceptors (Lipinski definition) is 5. The van der Waals surface area contributed by atoms with Crippen molar-refractivity contribution in [2.75, 3.05) is 4.90 Å². The highest BCUT2D eigenvalue weighted by Gasteiger charge is 2.36. The highest BCUT2D eigenvalue weighted by molar-refractivity contribution is 9.10. The van der Waals surface area contributed by atoms with Crippen molar-refractivity contribution in [1.82, 2.24) is 5.32 Å². The molecule has 9 heteroatoms. The molecule has 2 amide bonds. The van der Waals surface area contributed by atoms with Crippen LogP contribution in [-0.4, -0.2) is 29.4 Å². The molecular weight excluding hydrogens is 543 g/mol. The second kappa shape index (κ2) is 10.7. The van der Waals surface area contributed by atoms with Crippen molar-refractivity contribution in [2.45, 2.75) is 45.4 Å². The van der Waals surface area contributed by atoms with Crippen LogP contribution in [0, 0.1) is 5.82 Å². The first-order valence-electron chi connectivity index (χ1n) is 11.6. The van der Waals surface area contributed by atoms with E-state index in [9.17, 15) is 18.8 Å². The number of anilines is 1. The molecule has 0 fully saturated rings. The van der Waals surface area contributed by atoms with Gasteiger partial charge in [0.05, 0.1) is 16.7 Å². The molecule has 37 heavy (non-hydrogen) atoms. The van der Waals surface area contributed by atoms with Gasteiger partial charge in [0.25, 0.3) is 0 Å². The molecule has 4 rings (SSSR count). The Bertz CT molecular complexity index is 1320. The lowest BCUT2D eigenvalue weighted by Crippen LogP contribution is -2.49. The lowest BCUT2D eigenvalue weighted by atomic mass is 10.0. The van der Waals surface area contributed by atoms with E-state index >= 15 is 0 Å². The van der Waals surface area contributed by atoms with Crippen LogP contribution in [0.4, 0.5) is 14.9 Å². The lowest BCUT2D eigenvalue weighted by Gasteiger charge is -2.27. The number of rotatable bonds is 5. The van der Waals surface area contributed by atoms with Crippen molar-refractivity contribution in [3.05, 3.63) is 88.1 Å². The third kappa shape index (κ3) is 6.54. The maximum atomic E-state index is 14.4. The monoisotopic (exact) mass is 568 g/mol. The average Bonchev–Trinajstić information content (AvgIpc) is 2.91. The second-order valence-corrected chi connectivity index (χ2v) is 10.4. The van der Waals surface area contributed by atoms with E-state index in [-0.39, 0.29) is 28.7 Å². The zero-order valence-corrected chi connectivity index (χ0v) is 22.2. The molecule has 192 valence electrons. The van der Waals surface area contributed by atoms with E-state index in [1.165, 1.54) is 11.0 Å². The second-order valence-electron chi connectivity index (χ2n) is 9.59. The smallest absolute Gasteiger partial charge is 0.408 e. The number of benzene rings is 3. The predicted octanol–water partition coefficient (Wildman–Crippen LogP) is 6.39. The number of halogens is 2. The molecule has 0 aliphatic carbocycles. The van der Waals surface area contributed by atoms with Crippen LogP contribution in [0.1, 0.15) is 43.1 Å². The number of alkyl carbamates (subject to hydrolysis) is 1.